The van der Waals surface area contributed by atoms with Gasteiger partial charge in [0.15, 0.2) is 0 Å². The van der Waals surface area contributed by atoms with Crippen molar-refractivity contribution >= 4 is 11.9 Å². The fraction of sp³-hybridized carbons (Fsp3) is 0.538. The van der Waals surface area contributed by atoms with Gasteiger partial charge in [-0.15, -0.1) is 0 Å². The van der Waals surface area contributed by atoms with Crippen LogP contribution in [0, 0.1) is 0 Å². The Morgan fingerprint density at radius 3 is 2.67 bits per heavy atom. The van der Waals surface area contributed by atoms with Gasteiger partial charge in [-0.3, -0.25) is 4.79 Å². The summed E-state index contributed by atoms with van der Waals surface area (Å²) in [5.74, 6) is -1.84. The minimum Gasteiger partial charge on any atom is -0.480 e. The third-order valence-corrected chi connectivity index (χ3v) is 3.75. The summed E-state index contributed by atoms with van der Waals surface area (Å²) >= 11 is 0. The molecule has 5 nitrogen and oxygen atoms in total. The summed E-state index contributed by atoms with van der Waals surface area (Å²) in [7, 11) is 0. The summed E-state index contributed by atoms with van der Waals surface area (Å²) in [6, 6.07) is 2.61. The van der Waals surface area contributed by atoms with Crippen molar-refractivity contribution in [3.05, 3.63) is 24.0 Å². The molecule has 2 rings (SSSR count). The van der Waals surface area contributed by atoms with Crippen LogP contribution in [0.5, 0.6) is 0 Å². The summed E-state index contributed by atoms with van der Waals surface area (Å²) in [6.07, 6.45) is -2.49. The van der Waals surface area contributed by atoms with E-state index in [4.69, 9.17) is 0 Å². The highest BCUT2D eigenvalue weighted by atomic mass is 19.4. The molecule has 1 aliphatic rings. The van der Waals surface area contributed by atoms with E-state index < -0.39 is 30.1 Å². The maximum absolute atomic E-state index is 12.5. The van der Waals surface area contributed by atoms with E-state index in [9.17, 15) is 27.9 Å². The Balaban J connectivity index is 2.29. The lowest BCUT2D eigenvalue weighted by Gasteiger charge is -2.31. The number of alkyl halides is 3. The smallest absolute Gasteiger partial charge is 0.406 e. The molecule has 0 spiro atoms. The molecule has 0 saturated carbocycles. The number of carbonyl (C=O) groups is 2. The molecule has 1 saturated heterocycles. The molecule has 1 aromatic rings. The Labute approximate surface area is 119 Å². The highest BCUT2D eigenvalue weighted by Crippen LogP contribution is 2.31. The van der Waals surface area contributed by atoms with Gasteiger partial charge in [0.05, 0.1) is 0 Å². The summed E-state index contributed by atoms with van der Waals surface area (Å²) < 4.78 is 38.2. The molecule has 0 bridgehead atoms. The monoisotopic (exact) mass is 304 g/mol. The topological polar surface area (TPSA) is 62.5 Å². The Morgan fingerprint density at radius 1 is 1.43 bits per heavy atom. The molecular formula is C13H15F3N2O3. The number of carboxylic acid groups (broad SMARTS) is 1. The molecule has 116 valence electrons. The maximum atomic E-state index is 12.5. The molecular weight excluding hydrogens is 289 g/mol. The fourth-order valence-electron chi connectivity index (χ4n) is 2.59. The van der Waals surface area contributed by atoms with Crippen LogP contribution in [-0.4, -0.2) is 44.7 Å². The standard InChI is InChI=1S/C13H15F3N2O3/c1-12(11(20)21)5-3-7-18(12)10(19)9-4-2-6-17(9)8-13(14,15)16/h2,4,6H,3,5,7-8H2,1H3,(H,20,21). The second kappa shape index (κ2) is 5.09. The van der Waals surface area contributed by atoms with Crippen molar-refractivity contribution in [3.8, 4) is 0 Å². The first-order valence-corrected chi connectivity index (χ1v) is 6.42. The van der Waals surface area contributed by atoms with Crippen molar-refractivity contribution < 1.29 is 27.9 Å². The summed E-state index contributed by atoms with van der Waals surface area (Å²) in [5, 5.41) is 9.26. The first-order valence-electron chi connectivity index (χ1n) is 6.42. The highest BCUT2D eigenvalue weighted by molar-refractivity contribution is 5.97. The summed E-state index contributed by atoms with van der Waals surface area (Å²) in [5.41, 5.74) is -1.52. The quantitative estimate of drug-likeness (QED) is 0.930. The fourth-order valence-corrected chi connectivity index (χ4v) is 2.59. The van der Waals surface area contributed by atoms with E-state index in [-0.39, 0.29) is 18.7 Å². The molecule has 1 unspecified atom stereocenters. The Bertz CT molecular complexity index is 567. The number of carboxylic acids is 1. The molecule has 1 atom stereocenters. The average molecular weight is 304 g/mol. The first-order chi connectivity index (χ1) is 9.65. The van der Waals surface area contributed by atoms with E-state index >= 15 is 0 Å². The Morgan fingerprint density at radius 2 is 2.10 bits per heavy atom. The Hall–Kier alpha value is -1.99. The van der Waals surface area contributed by atoms with Gasteiger partial charge in [0.2, 0.25) is 0 Å². The van der Waals surface area contributed by atoms with Crippen LogP contribution in [0.3, 0.4) is 0 Å². The largest absolute Gasteiger partial charge is 0.480 e. The number of nitrogens with zero attached hydrogens (tertiary/aromatic N) is 2. The lowest BCUT2D eigenvalue weighted by Crippen LogP contribution is -2.51. The number of hydrogen-bond donors (Lipinski definition) is 1. The average Bonchev–Trinajstić information content (AvgIpc) is 2.94. The third kappa shape index (κ3) is 2.88. The number of rotatable bonds is 3. The minimum absolute atomic E-state index is 0.151. The number of carbonyl (C=O) groups excluding carboxylic acids is 1. The number of hydrogen-bond acceptors (Lipinski definition) is 2. The predicted octanol–water partition coefficient (Wildman–Crippen LogP) is 2.13. The lowest BCUT2D eigenvalue weighted by atomic mass is 9.99. The third-order valence-electron chi connectivity index (χ3n) is 3.75. The SMILES string of the molecule is CC1(C(=O)O)CCCN1C(=O)c1cccn1CC(F)(F)F. The van der Waals surface area contributed by atoms with Crippen LogP contribution >= 0.6 is 0 Å². The Kier molecular flexibility index (Phi) is 3.73. The van der Waals surface area contributed by atoms with E-state index in [1.165, 1.54) is 19.1 Å². The van der Waals surface area contributed by atoms with Crippen LogP contribution in [0.1, 0.15) is 30.3 Å². The van der Waals surface area contributed by atoms with Gasteiger partial charge in [-0.2, -0.15) is 13.2 Å². The zero-order valence-corrected chi connectivity index (χ0v) is 11.4. The van der Waals surface area contributed by atoms with E-state index in [2.05, 4.69) is 0 Å². The van der Waals surface area contributed by atoms with Crippen molar-refractivity contribution in [1.82, 2.24) is 9.47 Å². The summed E-state index contributed by atoms with van der Waals surface area (Å²) in [4.78, 5) is 24.9. The van der Waals surface area contributed by atoms with Crippen molar-refractivity contribution in [2.24, 2.45) is 0 Å². The zero-order chi connectivity index (χ0) is 15.8. The van der Waals surface area contributed by atoms with Gasteiger partial charge in [0.25, 0.3) is 5.91 Å². The van der Waals surface area contributed by atoms with E-state index in [0.717, 1.165) is 15.7 Å². The van der Waals surface area contributed by atoms with Crippen LogP contribution in [-0.2, 0) is 11.3 Å². The number of aromatic nitrogens is 1. The van der Waals surface area contributed by atoms with Gasteiger partial charge in [-0.25, -0.2) is 4.79 Å². The second-order valence-electron chi connectivity index (χ2n) is 5.28. The summed E-state index contributed by atoms with van der Waals surface area (Å²) in [6.45, 7) is 0.356. The molecule has 0 aromatic carbocycles. The molecule has 8 heteroatoms. The normalized spacial score (nSPS) is 22.6. The predicted molar refractivity (Wildman–Crippen MR) is 66.8 cm³/mol. The van der Waals surface area contributed by atoms with E-state index in [0.29, 0.717) is 6.42 Å². The minimum atomic E-state index is -4.45. The number of likely N-dealkylation sites (tertiary alicyclic amines) is 1. The van der Waals surface area contributed by atoms with Crippen LogP contribution < -0.4 is 0 Å². The van der Waals surface area contributed by atoms with Crippen molar-refractivity contribution in [3.63, 3.8) is 0 Å². The zero-order valence-electron chi connectivity index (χ0n) is 11.4. The van der Waals surface area contributed by atoms with E-state index in [1.807, 2.05) is 0 Å². The molecule has 21 heavy (non-hydrogen) atoms. The van der Waals surface area contributed by atoms with Crippen molar-refractivity contribution in [2.45, 2.75) is 38.0 Å². The molecule has 1 fully saturated rings. The number of amides is 1. The first kappa shape index (κ1) is 15.4. The van der Waals surface area contributed by atoms with Crippen molar-refractivity contribution in [2.75, 3.05) is 6.54 Å². The number of aliphatic carboxylic acids is 1. The molecule has 1 aromatic heterocycles. The van der Waals surface area contributed by atoms with Crippen LogP contribution in [0.25, 0.3) is 0 Å². The molecule has 0 radical (unpaired) electrons. The number of halogens is 3. The molecule has 1 amide bonds. The lowest BCUT2D eigenvalue weighted by molar-refractivity contribution is -0.147. The van der Waals surface area contributed by atoms with Gasteiger partial charge in [0.1, 0.15) is 17.8 Å². The molecule has 2 heterocycles. The second-order valence-corrected chi connectivity index (χ2v) is 5.28. The van der Waals surface area contributed by atoms with Gasteiger partial charge in [-0.05, 0) is 31.9 Å². The van der Waals surface area contributed by atoms with Gasteiger partial charge in [0, 0.05) is 12.7 Å². The van der Waals surface area contributed by atoms with Gasteiger partial charge < -0.3 is 14.6 Å². The molecule has 1 aliphatic heterocycles. The van der Waals surface area contributed by atoms with Crippen molar-refractivity contribution in [1.29, 1.82) is 0 Å². The van der Waals surface area contributed by atoms with Crippen LogP contribution in [0.2, 0.25) is 0 Å². The van der Waals surface area contributed by atoms with Crippen LogP contribution in [0.15, 0.2) is 18.3 Å². The maximum Gasteiger partial charge on any atom is 0.406 e. The van der Waals surface area contributed by atoms with Gasteiger partial charge in [-0.1, -0.05) is 0 Å². The molecule has 0 aliphatic carbocycles. The van der Waals surface area contributed by atoms with Crippen LogP contribution in [0.4, 0.5) is 13.2 Å². The van der Waals surface area contributed by atoms with Gasteiger partial charge >= 0.3 is 12.1 Å². The molecule has 1 N–H and O–H groups in total. The highest BCUT2D eigenvalue weighted by Gasteiger charge is 2.46. The van der Waals surface area contributed by atoms with E-state index in [1.54, 1.807) is 0 Å².